The van der Waals surface area contributed by atoms with Crippen LogP contribution in [-0.4, -0.2) is 35.1 Å². The summed E-state index contributed by atoms with van der Waals surface area (Å²) in [5, 5.41) is 8.77. The van der Waals surface area contributed by atoms with Gasteiger partial charge in [0.15, 0.2) is 0 Å². The van der Waals surface area contributed by atoms with E-state index in [4.69, 9.17) is 5.11 Å². The van der Waals surface area contributed by atoms with E-state index in [1.165, 1.54) is 6.42 Å². The quantitative estimate of drug-likeness (QED) is 0.700. The van der Waals surface area contributed by atoms with Crippen molar-refractivity contribution in [1.82, 2.24) is 4.90 Å². The summed E-state index contributed by atoms with van der Waals surface area (Å²) in [5.74, 6) is -0.691. The first-order chi connectivity index (χ1) is 6.59. The van der Waals surface area contributed by atoms with Gasteiger partial charge in [0.2, 0.25) is 0 Å². The third-order valence-corrected chi connectivity index (χ3v) is 2.63. The van der Waals surface area contributed by atoms with Crippen molar-refractivity contribution in [2.75, 3.05) is 13.1 Å². The fraction of sp³-hybridized carbons (Fsp3) is 0.727. The molecule has 1 N–H and O–H groups in total. The molecule has 0 aromatic carbocycles. The van der Waals surface area contributed by atoms with Crippen LogP contribution >= 0.6 is 0 Å². The van der Waals surface area contributed by atoms with Gasteiger partial charge in [0.25, 0.3) is 0 Å². The van der Waals surface area contributed by atoms with Crippen LogP contribution in [0.1, 0.15) is 32.6 Å². The average molecular weight is 197 g/mol. The van der Waals surface area contributed by atoms with E-state index in [1.807, 2.05) is 6.92 Å². The second kappa shape index (κ2) is 5.15. The Morgan fingerprint density at radius 2 is 2.29 bits per heavy atom. The molecule has 1 unspecified atom stereocenters. The maximum atomic E-state index is 10.6. The summed E-state index contributed by atoms with van der Waals surface area (Å²) < 4.78 is 0. The van der Waals surface area contributed by atoms with Gasteiger partial charge in [-0.1, -0.05) is 18.6 Å². The van der Waals surface area contributed by atoms with Crippen LogP contribution in [0.2, 0.25) is 0 Å². The molecule has 1 heterocycles. The summed E-state index contributed by atoms with van der Waals surface area (Å²) in [5.41, 5.74) is 1.11. The molecule has 3 heteroatoms. The SMILES string of the molecule is C=C(C)CN1CCCCC1CC(=O)O. The summed E-state index contributed by atoms with van der Waals surface area (Å²) in [4.78, 5) is 12.9. The van der Waals surface area contributed by atoms with Crippen LogP contribution in [0.25, 0.3) is 0 Å². The Bertz CT molecular complexity index is 201. The van der Waals surface area contributed by atoms with Gasteiger partial charge >= 0.3 is 5.97 Å². The summed E-state index contributed by atoms with van der Waals surface area (Å²) in [6.45, 7) is 7.73. The summed E-state index contributed by atoms with van der Waals surface area (Å²) in [6.07, 6.45) is 3.63. The number of piperidine rings is 1. The van der Waals surface area contributed by atoms with Crippen molar-refractivity contribution in [3.05, 3.63) is 12.2 Å². The number of hydrogen-bond donors (Lipinski definition) is 1. The standard InChI is InChI=1S/C11H19NO2/c1-9(2)8-12-6-4-3-5-10(12)7-11(13)14/h10H,1,3-8H2,2H3,(H,13,14). The highest BCUT2D eigenvalue weighted by atomic mass is 16.4. The lowest BCUT2D eigenvalue weighted by Crippen LogP contribution is -2.41. The van der Waals surface area contributed by atoms with Crippen LogP contribution in [0.4, 0.5) is 0 Å². The largest absolute Gasteiger partial charge is 0.481 e. The number of carboxylic acid groups (broad SMARTS) is 1. The Labute approximate surface area is 85.4 Å². The number of aliphatic carboxylic acids is 1. The first-order valence-electron chi connectivity index (χ1n) is 5.20. The molecule has 0 amide bonds. The fourth-order valence-corrected chi connectivity index (χ4v) is 2.05. The molecule has 0 saturated carbocycles. The lowest BCUT2D eigenvalue weighted by atomic mass is 9.99. The monoisotopic (exact) mass is 197 g/mol. The van der Waals surface area contributed by atoms with Gasteiger partial charge in [-0.15, -0.1) is 0 Å². The minimum absolute atomic E-state index is 0.220. The van der Waals surface area contributed by atoms with Gasteiger partial charge in [0, 0.05) is 12.6 Å². The Morgan fingerprint density at radius 1 is 1.57 bits per heavy atom. The molecular weight excluding hydrogens is 178 g/mol. The van der Waals surface area contributed by atoms with E-state index in [0.29, 0.717) is 0 Å². The number of nitrogens with zero attached hydrogens (tertiary/aromatic N) is 1. The molecule has 1 atom stereocenters. The lowest BCUT2D eigenvalue weighted by Gasteiger charge is -2.34. The second-order valence-electron chi connectivity index (χ2n) is 4.18. The Hall–Kier alpha value is -0.830. The summed E-state index contributed by atoms with van der Waals surface area (Å²) >= 11 is 0. The maximum Gasteiger partial charge on any atom is 0.304 e. The highest BCUT2D eigenvalue weighted by molar-refractivity contribution is 5.67. The molecule has 14 heavy (non-hydrogen) atoms. The molecule has 1 saturated heterocycles. The molecule has 1 fully saturated rings. The Balaban J connectivity index is 2.49. The molecule has 0 aromatic rings. The van der Waals surface area contributed by atoms with E-state index in [9.17, 15) is 4.79 Å². The predicted octanol–water partition coefficient (Wildman–Crippen LogP) is 1.89. The summed E-state index contributed by atoms with van der Waals surface area (Å²) in [6, 6.07) is 0.220. The second-order valence-corrected chi connectivity index (χ2v) is 4.18. The minimum atomic E-state index is -0.691. The van der Waals surface area contributed by atoms with Gasteiger partial charge in [-0.25, -0.2) is 0 Å². The lowest BCUT2D eigenvalue weighted by molar-refractivity contribution is -0.138. The van der Waals surface area contributed by atoms with Crippen LogP contribution in [0, 0.1) is 0 Å². The van der Waals surface area contributed by atoms with Crippen LogP contribution in [0.5, 0.6) is 0 Å². The topological polar surface area (TPSA) is 40.5 Å². The zero-order valence-corrected chi connectivity index (χ0v) is 8.83. The van der Waals surface area contributed by atoms with Crippen LogP contribution < -0.4 is 0 Å². The smallest absolute Gasteiger partial charge is 0.304 e. The third kappa shape index (κ3) is 3.50. The van der Waals surface area contributed by atoms with Crippen LogP contribution in [0.15, 0.2) is 12.2 Å². The molecule has 0 bridgehead atoms. The first kappa shape index (κ1) is 11.2. The van der Waals surface area contributed by atoms with E-state index in [-0.39, 0.29) is 12.5 Å². The molecule has 1 rings (SSSR count). The van der Waals surface area contributed by atoms with Gasteiger partial charge in [-0.3, -0.25) is 9.69 Å². The average Bonchev–Trinajstić information content (AvgIpc) is 2.06. The van der Waals surface area contributed by atoms with Crippen molar-refractivity contribution in [3.63, 3.8) is 0 Å². The molecule has 1 aliphatic rings. The van der Waals surface area contributed by atoms with Crippen molar-refractivity contribution in [3.8, 4) is 0 Å². The van der Waals surface area contributed by atoms with Gasteiger partial charge in [-0.2, -0.15) is 0 Å². The normalized spacial score (nSPS) is 23.4. The Kier molecular flexibility index (Phi) is 4.14. The number of rotatable bonds is 4. The molecule has 0 radical (unpaired) electrons. The minimum Gasteiger partial charge on any atom is -0.481 e. The number of likely N-dealkylation sites (tertiary alicyclic amines) is 1. The predicted molar refractivity (Wildman–Crippen MR) is 56.3 cm³/mol. The molecular formula is C11H19NO2. The zero-order chi connectivity index (χ0) is 10.6. The fourth-order valence-electron chi connectivity index (χ4n) is 2.05. The highest BCUT2D eigenvalue weighted by Crippen LogP contribution is 2.20. The molecule has 0 spiro atoms. The van der Waals surface area contributed by atoms with E-state index in [2.05, 4.69) is 11.5 Å². The van der Waals surface area contributed by atoms with Gasteiger partial charge in [0.1, 0.15) is 0 Å². The molecule has 0 aliphatic carbocycles. The van der Waals surface area contributed by atoms with Crippen molar-refractivity contribution < 1.29 is 9.90 Å². The Morgan fingerprint density at radius 3 is 2.86 bits per heavy atom. The van der Waals surface area contributed by atoms with Gasteiger partial charge < -0.3 is 5.11 Å². The van der Waals surface area contributed by atoms with Crippen LogP contribution in [-0.2, 0) is 4.79 Å². The maximum absolute atomic E-state index is 10.6. The number of hydrogen-bond acceptors (Lipinski definition) is 2. The molecule has 0 aromatic heterocycles. The van der Waals surface area contributed by atoms with E-state index < -0.39 is 5.97 Å². The van der Waals surface area contributed by atoms with E-state index in [1.54, 1.807) is 0 Å². The number of carboxylic acids is 1. The highest BCUT2D eigenvalue weighted by Gasteiger charge is 2.23. The molecule has 80 valence electrons. The zero-order valence-electron chi connectivity index (χ0n) is 8.83. The molecule has 3 nitrogen and oxygen atoms in total. The first-order valence-corrected chi connectivity index (χ1v) is 5.20. The number of carbonyl (C=O) groups is 1. The van der Waals surface area contributed by atoms with Crippen LogP contribution in [0.3, 0.4) is 0 Å². The van der Waals surface area contributed by atoms with Crippen molar-refractivity contribution in [1.29, 1.82) is 0 Å². The van der Waals surface area contributed by atoms with E-state index in [0.717, 1.165) is 31.5 Å². The van der Waals surface area contributed by atoms with E-state index >= 15 is 0 Å². The summed E-state index contributed by atoms with van der Waals surface area (Å²) in [7, 11) is 0. The van der Waals surface area contributed by atoms with Gasteiger partial charge in [0.05, 0.1) is 6.42 Å². The van der Waals surface area contributed by atoms with Gasteiger partial charge in [-0.05, 0) is 26.3 Å². The third-order valence-electron chi connectivity index (χ3n) is 2.63. The van der Waals surface area contributed by atoms with Crippen molar-refractivity contribution >= 4 is 5.97 Å². The van der Waals surface area contributed by atoms with Crippen molar-refractivity contribution in [2.24, 2.45) is 0 Å². The molecule has 1 aliphatic heterocycles. The van der Waals surface area contributed by atoms with Crippen molar-refractivity contribution in [2.45, 2.75) is 38.6 Å².